The van der Waals surface area contributed by atoms with Crippen molar-refractivity contribution < 1.29 is 8.78 Å². The summed E-state index contributed by atoms with van der Waals surface area (Å²) in [6.07, 6.45) is 3.40. The maximum absolute atomic E-state index is 13.5. The molecule has 0 radical (unpaired) electrons. The molecule has 1 aliphatic rings. The Morgan fingerprint density at radius 1 is 1.00 bits per heavy atom. The van der Waals surface area contributed by atoms with E-state index >= 15 is 0 Å². The molecule has 0 saturated heterocycles. The first-order valence-electron chi connectivity index (χ1n) is 7.12. The van der Waals surface area contributed by atoms with Crippen molar-refractivity contribution in [2.45, 2.75) is 33.1 Å². The predicted molar refractivity (Wildman–Crippen MR) is 77.7 cm³/mol. The van der Waals surface area contributed by atoms with Crippen LogP contribution in [0, 0.1) is 24.5 Å². The van der Waals surface area contributed by atoms with Gasteiger partial charge in [0.1, 0.15) is 0 Å². The number of rotatable bonds is 1. The van der Waals surface area contributed by atoms with E-state index in [1.54, 1.807) is 13.0 Å². The topological polar surface area (TPSA) is 0 Å². The van der Waals surface area contributed by atoms with Crippen LogP contribution in [0.4, 0.5) is 8.78 Å². The van der Waals surface area contributed by atoms with Gasteiger partial charge in [-0.3, -0.25) is 0 Å². The van der Waals surface area contributed by atoms with Crippen molar-refractivity contribution in [1.82, 2.24) is 0 Å². The first kappa shape index (κ1) is 13.3. The Kier molecular flexibility index (Phi) is 3.33. The quantitative estimate of drug-likeness (QED) is 0.680. The van der Waals surface area contributed by atoms with Gasteiger partial charge in [0, 0.05) is 0 Å². The van der Waals surface area contributed by atoms with Crippen LogP contribution in [0.3, 0.4) is 0 Å². The van der Waals surface area contributed by atoms with E-state index in [0.29, 0.717) is 5.56 Å². The maximum Gasteiger partial charge on any atom is 0.161 e. The molecule has 3 rings (SSSR count). The molecule has 2 heteroatoms. The molecule has 0 aliphatic heterocycles. The minimum absolute atomic E-state index is 0.353. The van der Waals surface area contributed by atoms with Crippen LogP contribution < -0.4 is 0 Å². The summed E-state index contributed by atoms with van der Waals surface area (Å²) in [5.41, 5.74) is 4.82. The largest absolute Gasteiger partial charge is 0.204 e. The molecule has 0 N–H and O–H groups in total. The van der Waals surface area contributed by atoms with E-state index in [0.717, 1.165) is 29.9 Å². The summed E-state index contributed by atoms with van der Waals surface area (Å²) in [7, 11) is 0. The summed E-state index contributed by atoms with van der Waals surface area (Å²) in [6, 6.07) is 9.29. The Labute approximate surface area is 118 Å². The molecule has 2 aromatic rings. The lowest BCUT2D eigenvalue weighted by Gasteiger charge is -2.22. The van der Waals surface area contributed by atoms with E-state index in [9.17, 15) is 8.78 Å². The van der Waals surface area contributed by atoms with Crippen molar-refractivity contribution in [2.75, 3.05) is 0 Å². The first-order chi connectivity index (χ1) is 9.54. The summed E-state index contributed by atoms with van der Waals surface area (Å²) in [4.78, 5) is 0. The Balaban J connectivity index is 2.03. The summed E-state index contributed by atoms with van der Waals surface area (Å²) in [6.45, 7) is 3.87. The predicted octanol–water partition coefficient (Wildman–Crippen LogP) is 5.07. The van der Waals surface area contributed by atoms with Gasteiger partial charge in [-0.05, 0) is 72.1 Å². The smallest absolute Gasteiger partial charge is 0.161 e. The van der Waals surface area contributed by atoms with Crippen LogP contribution >= 0.6 is 0 Å². The van der Waals surface area contributed by atoms with Gasteiger partial charge in [-0.25, -0.2) is 8.78 Å². The Morgan fingerprint density at radius 2 is 1.80 bits per heavy atom. The average Bonchev–Trinajstić information content (AvgIpc) is 2.43. The monoisotopic (exact) mass is 272 g/mol. The molecule has 0 bridgehead atoms. The van der Waals surface area contributed by atoms with E-state index in [4.69, 9.17) is 0 Å². The fourth-order valence-electron chi connectivity index (χ4n) is 3.01. The molecule has 104 valence electrons. The van der Waals surface area contributed by atoms with Crippen LogP contribution in [-0.4, -0.2) is 0 Å². The van der Waals surface area contributed by atoms with Gasteiger partial charge in [0.2, 0.25) is 0 Å². The fourth-order valence-corrected chi connectivity index (χ4v) is 3.01. The number of benzene rings is 2. The highest BCUT2D eigenvalue weighted by Gasteiger charge is 2.16. The first-order valence-corrected chi connectivity index (χ1v) is 7.12. The zero-order valence-corrected chi connectivity index (χ0v) is 11.8. The molecule has 20 heavy (non-hydrogen) atoms. The normalized spacial score (nSPS) is 17.9. The minimum atomic E-state index is -0.772. The lowest BCUT2D eigenvalue weighted by atomic mass is 9.83. The number of hydrogen-bond acceptors (Lipinski definition) is 0. The van der Waals surface area contributed by atoms with Crippen molar-refractivity contribution in [3.8, 4) is 11.1 Å². The van der Waals surface area contributed by atoms with Gasteiger partial charge in [-0.15, -0.1) is 0 Å². The van der Waals surface area contributed by atoms with Gasteiger partial charge in [0.15, 0.2) is 11.6 Å². The summed E-state index contributed by atoms with van der Waals surface area (Å²) in [5.74, 6) is -0.786. The molecule has 0 nitrogen and oxygen atoms in total. The number of fused-ring (bicyclic) bond motifs is 1. The van der Waals surface area contributed by atoms with Crippen molar-refractivity contribution in [3.63, 3.8) is 0 Å². The Hall–Kier alpha value is -1.70. The third-order valence-electron chi connectivity index (χ3n) is 4.22. The minimum Gasteiger partial charge on any atom is -0.204 e. The molecule has 0 fully saturated rings. The number of hydrogen-bond donors (Lipinski definition) is 0. The Bertz CT molecular complexity index is 635. The third kappa shape index (κ3) is 2.35. The summed E-state index contributed by atoms with van der Waals surface area (Å²) >= 11 is 0. The van der Waals surface area contributed by atoms with Crippen LogP contribution in [0.25, 0.3) is 11.1 Å². The molecule has 1 atom stereocenters. The number of halogens is 2. The standard InChI is InChI=1S/C18H18F2/c1-11-3-4-14-9-15(6-5-13(14)7-11)16-8-12(2)18(20)17(19)10-16/h5-6,8-11H,3-4,7H2,1-2H3. The second-order valence-electron chi connectivity index (χ2n) is 5.92. The van der Waals surface area contributed by atoms with E-state index in [1.165, 1.54) is 23.6 Å². The zero-order valence-electron chi connectivity index (χ0n) is 11.8. The molecule has 0 saturated carbocycles. The second-order valence-corrected chi connectivity index (χ2v) is 5.92. The lowest BCUT2D eigenvalue weighted by Crippen LogP contribution is -2.11. The highest BCUT2D eigenvalue weighted by atomic mass is 19.2. The van der Waals surface area contributed by atoms with Crippen LogP contribution in [0.5, 0.6) is 0 Å². The van der Waals surface area contributed by atoms with E-state index in [2.05, 4.69) is 19.1 Å². The molecule has 0 aromatic heterocycles. The fraction of sp³-hybridized carbons (Fsp3) is 0.333. The van der Waals surface area contributed by atoms with Crippen LogP contribution in [-0.2, 0) is 12.8 Å². The van der Waals surface area contributed by atoms with Gasteiger partial charge >= 0.3 is 0 Å². The molecule has 1 aliphatic carbocycles. The zero-order chi connectivity index (χ0) is 14.3. The SMILES string of the molecule is Cc1cc(-c2ccc3c(c2)CCC(C)C3)cc(F)c1F. The van der Waals surface area contributed by atoms with Crippen LogP contribution in [0.1, 0.15) is 30.0 Å². The summed E-state index contributed by atoms with van der Waals surface area (Å²) < 4.78 is 26.9. The third-order valence-corrected chi connectivity index (χ3v) is 4.22. The van der Waals surface area contributed by atoms with E-state index in [1.807, 2.05) is 6.07 Å². The van der Waals surface area contributed by atoms with Gasteiger partial charge in [0.25, 0.3) is 0 Å². The van der Waals surface area contributed by atoms with Gasteiger partial charge in [-0.2, -0.15) is 0 Å². The molecule has 2 aromatic carbocycles. The van der Waals surface area contributed by atoms with Crippen molar-refractivity contribution >= 4 is 0 Å². The van der Waals surface area contributed by atoms with Crippen molar-refractivity contribution in [3.05, 3.63) is 58.7 Å². The molecule has 0 heterocycles. The van der Waals surface area contributed by atoms with E-state index in [-0.39, 0.29) is 0 Å². The van der Waals surface area contributed by atoms with Crippen molar-refractivity contribution in [1.29, 1.82) is 0 Å². The lowest BCUT2D eigenvalue weighted by molar-refractivity contribution is 0.501. The molecular formula is C18H18F2. The van der Waals surface area contributed by atoms with Gasteiger partial charge in [0.05, 0.1) is 0 Å². The maximum atomic E-state index is 13.5. The molecule has 0 amide bonds. The van der Waals surface area contributed by atoms with Gasteiger partial charge in [-0.1, -0.05) is 25.1 Å². The average molecular weight is 272 g/mol. The number of aryl methyl sites for hydroxylation is 2. The van der Waals surface area contributed by atoms with E-state index < -0.39 is 11.6 Å². The molecule has 0 spiro atoms. The van der Waals surface area contributed by atoms with Crippen LogP contribution in [0.2, 0.25) is 0 Å². The highest BCUT2D eigenvalue weighted by molar-refractivity contribution is 5.66. The van der Waals surface area contributed by atoms with Gasteiger partial charge < -0.3 is 0 Å². The highest BCUT2D eigenvalue weighted by Crippen LogP contribution is 2.30. The molecular weight excluding hydrogens is 254 g/mol. The molecule has 1 unspecified atom stereocenters. The van der Waals surface area contributed by atoms with Crippen molar-refractivity contribution in [2.24, 2.45) is 5.92 Å². The van der Waals surface area contributed by atoms with Crippen LogP contribution in [0.15, 0.2) is 30.3 Å². The second kappa shape index (κ2) is 5.01. The Morgan fingerprint density at radius 3 is 2.55 bits per heavy atom. The summed E-state index contributed by atoms with van der Waals surface area (Å²) in [5, 5.41) is 0.